The fraction of sp³-hybridized carbons (Fsp3) is 0.375. The van der Waals surface area contributed by atoms with Crippen LogP contribution < -0.4 is 4.90 Å². The first-order valence-electron chi connectivity index (χ1n) is 7.49. The Kier molecular flexibility index (Phi) is 2.15. The molecule has 1 aromatic carbocycles. The van der Waals surface area contributed by atoms with Gasteiger partial charge < -0.3 is 9.32 Å². The maximum Gasteiger partial charge on any atom is 0.332 e. The molecule has 6 heteroatoms. The van der Waals surface area contributed by atoms with Crippen molar-refractivity contribution in [3.8, 4) is 0 Å². The molecule has 3 amide bonds. The molecule has 5 nitrogen and oxygen atoms in total. The highest BCUT2D eigenvalue weighted by Crippen LogP contribution is 2.48. The van der Waals surface area contributed by atoms with Crippen LogP contribution in [-0.2, 0) is 4.79 Å². The summed E-state index contributed by atoms with van der Waals surface area (Å²) < 4.78 is 19.0. The zero-order chi connectivity index (χ0) is 15.0. The van der Waals surface area contributed by atoms with Gasteiger partial charge >= 0.3 is 6.03 Å². The Hall–Kier alpha value is -2.37. The molecule has 2 saturated heterocycles. The number of furan rings is 1. The lowest BCUT2D eigenvalue weighted by Crippen LogP contribution is -2.40. The summed E-state index contributed by atoms with van der Waals surface area (Å²) in [5.41, 5.74) is 0.423. The van der Waals surface area contributed by atoms with Gasteiger partial charge in [0.05, 0.1) is 5.69 Å². The SMILES string of the molecule is O=C1[C@H]2[C@@H]3CC[C@@H](C3)N2C(=O)N1c1coc2c(F)cccc12. The molecule has 22 heavy (non-hydrogen) atoms. The van der Waals surface area contributed by atoms with Crippen LogP contribution in [0.2, 0.25) is 0 Å². The molecule has 0 N–H and O–H groups in total. The number of amides is 3. The molecule has 112 valence electrons. The van der Waals surface area contributed by atoms with Crippen LogP contribution in [0.4, 0.5) is 14.9 Å². The fourth-order valence-electron chi connectivity index (χ4n) is 4.33. The summed E-state index contributed by atoms with van der Waals surface area (Å²) in [7, 11) is 0. The van der Waals surface area contributed by atoms with Crippen LogP contribution in [0.5, 0.6) is 0 Å². The van der Waals surface area contributed by atoms with E-state index in [9.17, 15) is 14.0 Å². The molecule has 2 aromatic rings. The molecule has 5 rings (SSSR count). The van der Waals surface area contributed by atoms with Gasteiger partial charge in [0.1, 0.15) is 12.3 Å². The van der Waals surface area contributed by atoms with E-state index in [0.717, 1.165) is 19.3 Å². The smallest absolute Gasteiger partial charge is 0.332 e. The topological polar surface area (TPSA) is 53.8 Å². The van der Waals surface area contributed by atoms with Crippen molar-refractivity contribution < 1.29 is 18.4 Å². The number of urea groups is 1. The number of benzene rings is 1. The third kappa shape index (κ3) is 1.28. The first-order chi connectivity index (χ1) is 10.7. The average molecular weight is 300 g/mol. The minimum Gasteiger partial charge on any atom is -0.459 e. The largest absolute Gasteiger partial charge is 0.459 e. The number of fused-ring (bicyclic) bond motifs is 6. The molecule has 0 spiro atoms. The molecule has 0 unspecified atom stereocenters. The number of hydrogen-bond acceptors (Lipinski definition) is 3. The quantitative estimate of drug-likeness (QED) is 0.761. The van der Waals surface area contributed by atoms with E-state index < -0.39 is 5.82 Å². The Morgan fingerprint density at radius 2 is 2.09 bits per heavy atom. The lowest BCUT2D eigenvalue weighted by Gasteiger charge is -2.25. The molecular formula is C16H13FN2O3. The van der Waals surface area contributed by atoms with Gasteiger partial charge in [-0.05, 0) is 37.3 Å². The number of imide groups is 1. The second-order valence-corrected chi connectivity index (χ2v) is 6.27. The van der Waals surface area contributed by atoms with Crippen molar-refractivity contribution in [1.82, 2.24) is 4.90 Å². The van der Waals surface area contributed by atoms with Gasteiger partial charge in [-0.15, -0.1) is 0 Å². The Bertz CT molecular complexity index is 802. The molecule has 3 aliphatic rings. The molecule has 3 fully saturated rings. The summed E-state index contributed by atoms with van der Waals surface area (Å²) in [5, 5.41) is 0.454. The van der Waals surface area contributed by atoms with Gasteiger partial charge in [0.25, 0.3) is 5.91 Å². The molecule has 1 aliphatic carbocycles. The minimum atomic E-state index is -0.497. The Balaban J connectivity index is 1.65. The van der Waals surface area contributed by atoms with E-state index in [1.807, 2.05) is 0 Å². The van der Waals surface area contributed by atoms with Crippen molar-refractivity contribution in [2.45, 2.75) is 31.3 Å². The van der Waals surface area contributed by atoms with Gasteiger partial charge in [-0.3, -0.25) is 4.79 Å². The van der Waals surface area contributed by atoms with E-state index in [-0.39, 0.29) is 35.5 Å². The lowest BCUT2D eigenvalue weighted by atomic mass is 9.99. The number of nitrogens with zero attached hydrogens (tertiary/aromatic N) is 2. The standard InChI is InChI=1S/C16H13FN2O3/c17-11-3-1-2-10-12(7-22-14(10)11)19-15(20)13-8-4-5-9(6-8)18(13)16(19)21/h1-3,7-9,13H,4-6H2/t8-,9+,13-/m1/s1. The maximum absolute atomic E-state index is 13.8. The van der Waals surface area contributed by atoms with Crippen LogP contribution in [0.3, 0.4) is 0 Å². The highest BCUT2D eigenvalue weighted by Gasteiger charge is 2.59. The van der Waals surface area contributed by atoms with Crippen LogP contribution in [0.15, 0.2) is 28.9 Å². The Labute approximate surface area is 125 Å². The number of carbonyl (C=O) groups excluding carboxylic acids is 2. The molecule has 2 bridgehead atoms. The molecule has 2 aliphatic heterocycles. The van der Waals surface area contributed by atoms with Gasteiger partial charge in [0.15, 0.2) is 11.4 Å². The van der Waals surface area contributed by atoms with Crippen molar-refractivity contribution in [1.29, 1.82) is 0 Å². The minimum absolute atomic E-state index is 0.0770. The monoisotopic (exact) mass is 300 g/mol. The predicted molar refractivity (Wildman–Crippen MR) is 75.8 cm³/mol. The normalized spacial score (nSPS) is 30.0. The number of hydrogen-bond donors (Lipinski definition) is 0. The van der Waals surface area contributed by atoms with Crippen molar-refractivity contribution in [2.75, 3.05) is 4.90 Å². The average Bonchev–Trinajstić information content (AvgIpc) is 3.23. The van der Waals surface area contributed by atoms with E-state index in [0.29, 0.717) is 11.1 Å². The summed E-state index contributed by atoms with van der Waals surface area (Å²) in [6.07, 6.45) is 4.19. The number of carbonyl (C=O) groups is 2. The summed E-state index contributed by atoms with van der Waals surface area (Å²) in [5.74, 6) is -0.436. The van der Waals surface area contributed by atoms with Crippen molar-refractivity contribution >= 4 is 28.6 Å². The van der Waals surface area contributed by atoms with Crippen LogP contribution in [0, 0.1) is 11.7 Å². The van der Waals surface area contributed by atoms with E-state index in [1.165, 1.54) is 17.2 Å². The van der Waals surface area contributed by atoms with E-state index >= 15 is 0 Å². The molecule has 3 heterocycles. The molecule has 1 aromatic heterocycles. The van der Waals surface area contributed by atoms with Crippen LogP contribution in [0.1, 0.15) is 19.3 Å². The number of anilines is 1. The summed E-state index contributed by atoms with van der Waals surface area (Å²) in [6, 6.07) is 4.04. The first-order valence-corrected chi connectivity index (χ1v) is 7.49. The Morgan fingerprint density at radius 3 is 2.91 bits per heavy atom. The van der Waals surface area contributed by atoms with Crippen LogP contribution in [-0.4, -0.2) is 28.9 Å². The zero-order valence-corrected chi connectivity index (χ0v) is 11.7. The zero-order valence-electron chi connectivity index (χ0n) is 11.7. The second kappa shape index (κ2) is 3.88. The van der Waals surface area contributed by atoms with Gasteiger partial charge in [-0.2, -0.15) is 0 Å². The number of halogens is 1. The van der Waals surface area contributed by atoms with Gasteiger partial charge in [0.2, 0.25) is 0 Å². The molecule has 3 atom stereocenters. The van der Waals surface area contributed by atoms with Crippen LogP contribution in [0.25, 0.3) is 11.0 Å². The van der Waals surface area contributed by atoms with Gasteiger partial charge in [-0.1, -0.05) is 6.07 Å². The predicted octanol–water partition coefficient (Wildman–Crippen LogP) is 2.89. The van der Waals surface area contributed by atoms with E-state index in [4.69, 9.17) is 4.42 Å². The number of rotatable bonds is 1. The first kappa shape index (κ1) is 12.2. The maximum atomic E-state index is 13.8. The highest BCUT2D eigenvalue weighted by atomic mass is 19.1. The third-order valence-corrected chi connectivity index (χ3v) is 5.24. The highest BCUT2D eigenvalue weighted by molar-refractivity contribution is 6.24. The Morgan fingerprint density at radius 1 is 1.23 bits per heavy atom. The summed E-state index contributed by atoms with van der Waals surface area (Å²) >= 11 is 0. The number of piperidine rings is 1. The van der Waals surface area contributed by atoms with Gasteiger partial charge in [0, 0.05) is 11.4 Å². The fourth-order valence-corrected chi connectivity index (χ4v) is 4.33. The van der Waals surface area contributed by atoms with Crippen molar-refractivity contribution in [3.05, 3.63) is 30.3 Å². The molecule has 1 saturated carbocycles. The van der Waals surface area contributed by atoms with E-state index in [1.54, 1.807) is 17.0 Å². The molecular weight excluding hydrogens is 287 g/mol. The molecule has 0 radical (unpaired) electrons. The second-order valence-electron chi connectivity index (χ2n) is 6.27. The number of para-hydroxylation sites is 1. The van der Waals surface area contributed by atoms with Gasteiger partial charge in [-0.25, -0.2) is 14.1 Å². The van der Waals surface area contributed by atoms with Crippen LogP contribution >= 0.6 is 0 Å². The third-order valence-electron chi connectivity index (χ3n) is 5.24. The summed E-state index contributed by atoms with van der Waals surface area (Å²) in [6.45, 7) is 0. The summed E-state index contributed by atoms with van der Waals surface area (Å²) in [4.78, 5) is 28.3. The van der Waals surface area contributed by atoms with Crippen molar-refractivity contribution in [2.24, 2.45) is 5.92 Å². The van der Waals surface area contributed by atoms with Crippen molar-refractivity contribution in [3.63, 3.8) is 0 Å². The lowest BCUT2D eigenvalue weighted by molar-refractivity contribution is -0.120. The van der Waals surface area contributed by atoms with E-state index in [2.05, 4.69) is 0 Å².